The molecule has 158 valence electrons. The van der Waals surface area contributed by atoms with Gasteiger partial charge in [0.05, 0.1) is 17.3 Å². The summed E-state index contributed by atoms with van der Waals surface area (Å²) in [5, 5.41) is 9.06. The summed E-state index contributed by atoms with van der Waals surface area (Å²) in [6.07, 6.45) is 7.85. The first-order chi connectivity index (χ1) is 14.6. The maximum Gasteiger partial charge on any atom is 0.249 e. The lowest BCUT2D eigenvalue weighted by Gasteiger charge is -2.31. The number of carbonyl (C=O) groups excluding carboxylic acids is 1. The van der Waals surface area contributed by atoms with E-state index in [1.54, 1.807) is 16.4 Å². The Morgan fingerprint density at radius 3 is 2.80 bits per heavy atom. The summed E-state index contributed by atoms with van der Waals surface area (Å²) in [5.74, 6) is 1.60. The fraction of sp³-hybridized carbons (Fsp3) is 0.545. The van der Waals surface area contributed by atoms with Crippen LogP contribution in [0.5, 0.6) is 0 Å². The molecule has 8 heteroatoms. The summed E-state index contributed by atoms with van der Waals surface area (Å²) in [4.78, 5) is 28.0. The molecule has 1 saturated carbocycles. The van der Waals surface area contributed by atoms with Crippen LogP contribution >= 0.6 is 11.3 Å². The molecule has 1 amide bonds. The van der Waals surface area contributed by atoms with Crippen LogP contribution in [0.1, 0.15) is 60.2 Å². The number of amides is 1. The molecule has 3 aromatic heterocycles. The van der Waals surface area contributed by atoms with Gasteiger partial charge in [0.25, 0.3) is 0 Å². The van der Waals surface area contributed by atoms with Crippen LogP contribution in [-0.4, -0.2) is 37.2 Å². The average Bonchev–Trinajstić information content (AvgIpc) is 3.46. The zero-order chi connectivity index (χ0) is 20.7. The van der Waals surface area contributed by atoms with Crippen molar-refractivity contribution in [1.29, 1.82) is 0 Å². The van der Waals surface area contributed by atoms with Gasteiger partial charge in [-0.05, 0) is 69.6 Å². The van der Waals surface area contributed by atoms with Crippen LogP contribution in [0.2, 0.25) is 0 Å². The molecule has 2 aliphatic rings. The van der Waals surface area contributed by atoms with Crippen LogP contribution in [0, 0.1) is 25.7 Å². The predicted octanol–water partition coefficient (Wildman–Crippen LogP) is 4.06. The third-order valence-corrected chi connectivity index (χ3v) is 7.12. The van der Waals surface area contributed by atoms with Crippen LogP contribution in [0.15, 0.2) is 23.7 Å². The molecule has 0 radical (unpaired) electrons. The topological polar surface area (TPSA) is 72.6 Å². The van der Waals surface area contributed by atoms with E-state index in [-0.39, 0.29) is 17.9 Å². The normalized spacial score (nSPS) is 24.6. The Kier molecular flexibility index (Phi) is 5.28. The second-order valence-corrected chi connectivity index (χ2v) is 9.57. The van der Waals surface area contributed by atoms with Gasteiger partial charge in [-0.15, -0.1) is 11.3 Å². The van der Waals surface area contributed by atoms with Gasteiger partial charge in [0.2, 0.25) is 5.91 Å². The molecule has 0 spiro atoms. The number of fused-ring (bicyclic) bond motifs is 1. The molecule has 7 nitrogen and oxygen atoms in total. The minimum Gasteiger partial charge on any atom is -0.272 e. The van der Waals surface area contributed by atoms with Crippen molar-refractivity contribution >= 4 is 22.9 Å². The van der Waals surface area contributed by atoms with Crippen LogP contribution in [-0.2, 0) is 16.1 Å². The van der Waals surface area contributed by atoms with Crippen molar-refractivity contribution in [2.45, 2.75) is 58.4 Å². The SMILES string of the molecule is Cc1nc2cc(CC3CCC(C(=O)N4OCC[C@H]4c4csc(C)n4)CC3)ccn2n1. The molecular formula is C22H27N5O2S. The first-order valence-corrected chi connectivity index (χ1v) is 11.6. The van der Waals surface area contributed by atoms with Gasteiger partial charge in [0.15, 0.2) is 5.65 Å². The standard InChI is InChI=1S/C22H27N5O2S/c1-14-23-21-12-17(7-9-26(21)25-14)11-16-3-5-18(6-4-16)22(28)27-20(8-10-29-27)19-13-30-15(2)24-19/h7,9,12-13,16,18,20H,3-6,8,10-11H2,1-2H3/t16?,18?,20-/m0/s1. The number of carbonyl (C=O) groups is 1. The van der Waals surface area contributed by atoms with E-state index in [1.165, 1.54) is 5.56 Å². The average molecular weight is 426 g/mol. The van der Waals surface area contributed by atoms with Crippen molar-refractivity contribution in [2.75, 3.05) is 6.61 Å². The van der Waals surface area contributed by atoms with Crippen LogP contribution in [0.25, 0.3) is 5.65 Å². The maximum absolute atomic E-state index is 13.2. The van der Waals surface area contributed by atoms with E-state index in [0.29, 0.717) is 12.5 Å². The molecule has 1 saturated heterocycles. The zero-order valence-corrected chi connectivity index (χ0v) is 18.3. The minimum atomic E-state index is -0.0292. The second-order valence-electron chi connectivity index (χ2n) is 8.51. The molecular weight excluding hydrogens is 398 g/mol. The van der Waals surface area contributed by atoms with Crippen LogP contribution in [0.4, 0.5) is 0 Å². The van der Waals surface area contributed by atoms with E-state index in [0.717, 1.165) is 60.7 Å². The van der Waals surface area contributed by atoms with E-state index in [1.807, 2.05) is 24.6 Å². The van der Waals surface area contributed by atoms with E-state index in [2.05, 4.69) is 32.6 Å². The van der Waals surface area contributed by atoms with Gasteiger partial charge in [-0.1, -0.05) is 0 Å². The Balaban J connectivity index is 1.19. The summed E-state index contributed by atoms with van der Waals surface area (Å²) in [6.45, 7) is 4.50. The Bertz CT molecular complexity index is 1050. The molecule has 5 rings (SSSR count). The summed E-state index contributed by atoms with van der Waals surface area (Å²) in [7, 11) is 0. The fourth-order valence-electron chi connectivity index (χ4n) is 4.78. The fourth-order valence-corrected chi connectivity index (χ4v) is 5.44. The second kappa shape index (κ2) is 8.07. The van der Waals surface area contributed by atoms with Crippen molar-refractivity contribution in [2.24, 2.45) is 11.8 Å². The third kappa shape index (κ3) is 3.86. The van der Waals surface area contributed by atoms with Crippen molar-refractivity contribution in [3.63, 3.8) is 0 Å². The Morgan fingerprint density at radius 2 is 2.03 bits per heavy atom. The quantitative estimate of drug-likeness (QED) is 0.630. The molecule has 0 unspecified atom stereocenters. The Labute approximate surface area is 180 Å². The minimum absolute atomic E-state index is 0.0292. The van der Waals surface area contributed by atoms with Gasteiger partial charge in [-0.3, -0.25) is 9.63 Å². The highest BCUT2D eigenvalue weighted by molar-refractivity contribution is 7.09. The van der Waals surface area contributed by atoms with Gasteiger partial charge in [0.1, 0.15) is 11.9 Å². The molecule has 1 aliphatic carbocycles. The van der Waals surface area contributed by atoms with Crippen molar-refractivity contribution < 1.29 is 9.63 Å². The number of nitrogens with zero attached hydrogens (tertiary/aromatic N) is 5. The summed E-state index contributed by atoms with van der Waals surface area (Å²) < 4.78 is 1.82. The lowest BCUT2D eigenvalue weighted by atomic mass is 9.79. The molecule has 3 aromatic rings. The number of pyridine rings is 1. The summed E-state index contributed by atoms with van der Waals surface area (Å²) in [6, 6.07) is 4.24. The molecule has 0 N–H and O–H groups in total. The van der Waals surface area contributed by atoms with E-state index in [4.69, 9.17) is 4.84 Å². The van der Waals surface area contributed by atoms with E-state index in [9.17, 15) is 4.79 Å². The largest absolute Gasteiger partial charge is 0.272 e. The molecule has 0 aromatic carbocycles. The molecule has 1 atom stereocenters. The number of hydrogen-bond donors (Lipinski definition) is 0. The molecule has 1 aliphatic heterocycles. The number of hydrogen-bond acceptors (Lipinski definition) is 6. The molecule has 2 fully saturated rings. The predicted molar refractivity (Wildman–Crippen MR) is 114 cm³/mol. The van der Waals surface area contributed by atoms with Crippen LogP contribution in [0.3, 0.4) is 0 Å². The lowest BCUT2D eigenvalue weighted by Crippen LogP contribution is -2.36. The van der Waals surface area contributed by atoms with Crippen LogP contribution < -0.4 is 0 Å². The maximum atomic E-state index is 13.2. The smallest absolute Gasteiger partial charge is 0.249 e. The van der Waals surface area contributed by atoms with Gasteiger partial charge >= 0.3 is 0 Å². The van der Waals surface area contributed by atoms with Gasteiger partial charge in [-0.2, -0.15) is 5.10 Å². The zero-order valence-electron chi connectivity index (χ0n) is 17.5. The number of thiazole rings is 1. The highest BCUT2D eigenvalue weighted by Gasteiger charge is 2.38. The van der Waals surface area contributed by atoms with Gasteiger partial charge < -0.3 is 0 Å². The molecule has 30 heavy (non-hydrogen) atoms. The Morgan fingerprint density at radius 1 is 1.20 bits per heavy atom. The number of rotatable bonds is 4. The third-order valence-electron chi connectivity index (χ3n) is 6.33. The first kappa shape index (κ1) is 19.6. The number of aromatic nitrogens is 4. The van der Waals surface area contributed by atoms with E-state index >= 15 is 0 Å². The van der Waals surface area contributed by atoms with Crippen molar-refractivity contribution in [1.82, 2.24) is 24.6 Å². The first-order valence-electron chi connectivity index (χ1n) is 10.8. The molecule has 4 heterocycles. The van der Waals surface area contributed by atoms with E-state index < -0.39 is 0 Å². The molecule has 0 bridgehead atoms. The Hall–Kier alpha value is -2.32. The monoisotopic (exact) mass is 425 g/mol. The highest BCUT2D eigenvalue weighted by Crippen LogP contribution is 2.37. The number of aryl methyl sites for hydroxylation is 2. The van der Waals surface area contributed by atoms with Crippen molar-refractivity contribution in [3.05, 3.63) is 45.8 Å². The summed E-state index contributed by atoms with van der Waals surface area (Å²) >= 11 is 1.63. The van der Waals surface area contributed by atoms with Gasteiger partial charge in [0, 0.05) is 23.9 Å². The van der Waals surface area contributed by atoms with Crippen molar-refractivity contribution in [3.8, 4) is 0 Å². The highest BCUT2D eigenvalue weighted by atomic mass is 32.1. The lowest BCUT2D eigenvalue weighted by molar-refractivity contribution is -0.183. The summed E-state index contributed by atoms with van der Waals surface area (Å²) in [5.41, 5.74) is 3.17. The number of hydroxylamine groups is 2. The van der Waals surface area contributed by atoms with Gasteiger partial charge in [-0.25, -0.2) is 19.5 Å².